The van der Waals surface area contributed by atoms with E-state index in [9.17, 15) is 0 Å². The van der Waals surface area contributed by atoms with Crippen LogP contribution in [-0.2, 0) is 6.42 Å². The number of rotatable bonds is 4. The number of hydrogen-bond donors (Lipinski definition) is 1. The molecule has 0 radical (unpaired) electrons. The van der Waals surface area contributed by atoms with Gasteiger partial charge in [0.15, 0.2) is 0 Å². The summed E-state index contributed by atoms with van der Waals surface area (Å²) < 4.78 is 0. The molecule has 0 spiro atoms. The molecule has 1 atom stereocenters. The molecule has 2 heteroatoms. The predicted molar refractivity (Wildman–Crippen MR) is 58.7 cm³/mol. The van der Waals surface area contributed by atoms with Crippen LogP contribution in [0.3, 0.4) is 0 Å². The minimum absolute atomic E-state index is 0.260. The van der Waals surface area contributed by atoms with Crippen LogP contribution in [0, 0.1) is 11.8 Å². The van der Waals surface area contributed by atoms with Gasteiger partial charge < -0.3 is 5.73 Å². The van der Waals surface area contributed by atoms with E-state index in [0.29, 0.717) is 0 Å². The lowest BCUT2D eigenvalue weighted by molar-refractivity contribution is 0.623. The first-order valence-corrected chi connectivity index (χ1v) is 5.43. The lowest BCUT2D eigenvalue weighted by atomic mass is 10.1. The van der Waals surface area contributed by atoms with Crippen LogP contribution >= 0.6 is 11.3 Å². The maximum Gasteiger partial charge on any atom is 0.0103 e. The highest BCUT2D eigenvalue weighted by Gasteiger charge is 2.02. The lowest BCUT2D eigenvalue weighted by Gasteiger charge is -2.07. The first kappa shape index (κ1) is 10.3. The van der Waals surface area contributed by atoms with Crippen LogP contribution in [0.1, 0.15) is 25.3 Å². The maximum atomic E-state index is 5.94. The molecule has 0 aliphatic heterocycles. The van der Waals surface area contributed by atoms with E-state index in [1.165, 1.54) is 5.56 Å². The Morgan fingerprint density at radius 1 is 1.62 bits per heavy atom. The van der Waals surface area contributed by atoms with Gasteiger partial charge in [0.25, 0.3) is 0 Å². The lowest BCUT2D eigenvalue weighted by Crippen LogP contribution is -2.22. The molecule has 0 bridgehead atoms. The van der Waals surface area contributed by atoms with Crippen LogP contribution in [0.2, 0.25) is 0 Å². The highest BCUT2D eigenvalue weighted by Crippen LogP contribution is 2.09. The standard InChI is InChI=1S/C11H15NS/c1-2-3-4-5-11(12)8-10-6-7-13-9-10/h6-7,9,11H,4-5,8,12H2,1H3. The van der Waals surface area contributed by atoms with Gasteiger partial charge in [-0.25, -0.2) is 0 Å². The van der Waals surface area contributed by atoms with Crippen molar-refractivity contribution in [2.75, 3.05) is 0 Å². The average molecular weight is 193 g/mol. The van der Waals surface area contributed by atoms with Gasteiger partial charge in [-0.15, -0.1) is 11.8 Å². The van der Waals surface area contributed by atoms with Gasteiger partial charge in [0, 0.05) is 12.5 Å². The van der Waals surface area contributed by atoms with E-state index in [1.807, 2.05) is 6.92 Å². The largest absolute Gasteiger partial charge is 0.327 e. The fraction of sp³-hybridized carbons (Fsp3) is 0.455. The summed E-state index contributed by atoms with van der Waals surface area (Å²) in [4.78, 5) is 0. The molecule has 0 aliphatic carbocycles. The molecule has 1 aromatic rings. The van der Waals surface area contributed by atoms with Crippen LogP contribution in [0.25, 0.3) is 0 Å². The van der Waals surface area contributed by atoms with Gasteiger partial charge >= 0.3 is 0 Å². The van der Waals surface area contributed by atoms with Crippen molar-refractivity contribution in [3.05, 3.63) is 22.4 Å². The van der Waals surface area contributed by atoms with Gasteiger partial charge in [-0.2, -0.15) is 11.3 Å². The molecule has 1 nitrogen and oxygen atoms in total. The quantitative estimate of drug-likeness (QED) is 0.730. The van der Waals surface area contributed by atoms with E-state index in [2.05, 4.69) is 28.7 Å². The molecule has 1 rings (SSSR count). The van der Waals surface area contributed by atoms with E-state index in [1.54, 1.807) is 11.3 Å². The molecular formula is C11H15NS. The topological polar surface area (TPSA) is 26.0 Å². The van der Waals surface area contributed by atoms with Gasteiger partial charge in [0.1, 0.15) is 0 Å². The summed E-state index contributed by atoms with van der Waals surface area (Å²) in [5.74, 6) is 5.91. The molecule has 70 valence electrons. The minimum Gasteiger partial charge on any atom is -0.327 e. The second-order valence-corrected chi connectivity index (χ2v) is 3.84. The average Bonchev–Trinajstić information content (AvgIpc) is 2.57. The molecule has 0 saturated heterocycles. The Hall–Kier alpha value is -0.780. The van der Waals surface area contributed by atoms with Crippen molar-refractivity contribution in [3.8, 4) is 11.8 Å². The zero-order chi connectivity index (χ0) is 9.52. The summed E-state index contributed by atoms with van der Waals surface area (Å²) in [5, 5.41) is 4.25. The summed E-state index contributed by atoms with van der Waals surface area (Å²) in [6.45, 7) is 1.87. The van der Waals surface area contributed by atoms with E-state index < -0.39 is 0 Å². The first-order chi connectivity index (χ1) is 6.33. The molecule has 0 fully saturated rings. The Morgan fingerprint density at radius 2 is 2.46 bits per heavy atom. The van der Waals surface area contributed by atoms with Gasteiger partial charge in [0.2, 0.25) is 0 Å². The number of nitrogens with two attached hydrogens (primary N) is 1. The van der Waals surface area contributed by atoms with Crippen LogP contribution in [-0.4, -0.2) is 6.04 Å². The Kier molecular flexibility index (Phi) is 4.59. The SMILES string of the molecule is CC#CCCC(N)Cc1ccsc1. The summed E-state index contributed by atoms with van der Waals surface area (Å²) in [5.41, 5.74) is 7.29. The van der Waals surface area contributed by atoms with Crippen molar-refractivity contribution >= 4 is 11.3 Å². The molecule has 0 aliphatic rings. The molecule has 1 heterocycles. The number of thiophene rings is 1. The molecule has 0 amide bonds. The second kappa shape index (κ2) is 5.80. The predicted octanol–water partition coefficient (Wildman–Crippen LogP) is 2.42. The van der Waals surface area contributed by atoms with Crippen molar-refractivity contribution in [3.63, 3.8) is 0 Å². The summed E-state index contributed by atoms with van der Waals surface area (Å²) in [7, 11) is 0. The highest BCUT2D eigenvalue weighted by atomic mass is 32.1. The summed E-state index contributed by atoms with van der Waals surface area (Å²) in [6, 6.07) is 2.39. The third-order valence-electron chi connectivity index (χ3n) is 1.89. The Morgan fingerprint density at radius 3 is 3.08 bits per heavy atom. The van der Waals surface area contributed by atoms with Crippen molar-refractivity contribution in [2.45, 2.75) is 32.2 Å². The fourth-order valence-corrected chi connectivity index (χ4v) is 1.88. The zero-order valence-electron chi connectivity index (χ0n) is 7.92. The number of hydrogen-bond acceptors (Lipinski definition) is 2. The third-order valence-corrected chi connectivity index (χ3v) is 2.63. The summed E-state index contributed by atoms with van der Waals surface area (Å²) in [6.07, 6.45) is 2.90. The molecule has 2 N–H and O–H groups in total. The van der Waals surface area contributed by atoms with Gasteiger partial charge in [-0.1, -0.05) is 0 Å². The van der Waals surface area contributed by atoms with Crippen molar-refractivity contribution in [1.29, 1.82) is 0 Å². The van der Waals surface area contributed by atoms with E-state index in [-0.39, 0.29) is 6.04 Å². The van der Waals surface area contributed by atoms with Crippen LogP contribution < -0.4 is 5.73 Å². The van der Waals surface area contributed by atoms with Crippen molar-refractivity contribution < 1.29 is 0 Å². The Balaban J connectivity index is 2.24. The fourth-order valence-electron chi connectivity index (χ4n) is 1.20. The molecule has 1 aromatic heterocycles. The van der Waals surface area contributed by atoms with Gasteiger partial charge in [-0.05, 0) is 42.2 Å². The molecule has 0 aromatic carbocycles. The van der Waals surface area contributed by atoms with Gasteiger partial charge in [-0.3, -0.25) is 0 Å². The monoisotopic (exact) mass is 193 g/mol. The normalized spacial score (nSPS) is 11.8. The molecular weight excluding hydrogens is 178 g/mol. The maximum absolute atomic E-state index is 5.94. The van der Waals surface area contributed by atoms with E-state index in [0.717, 1.165) is 19.3 Å². The first-order valence-electron chi connectivity index (χ1n) is 4.49. The minimum atomic E-state index is 0.260. The Labute approximate surface area is 84.0 Å². The molecule has 1 unspecified atom stereocenters. The smallest absolute Gasteiger partial charge is 0.0103 e. The zero-order valence-corrected chi connectivity index (χ0v) is 8.73. The molecule has 0 saturated carbocycles. The highest BCUT2D eigenvalue weighted by molar-refractivity contribution is 7.07. The van der Waals surface area contributed by atoms with E-state index >= 15 is 0 Å². The van der Waals surface area contributed by atoms with Gasteiger partial charge in [0.05, 0.1) is 0 Å². The van der Waals surface area contributed by atoms with Crippen LogP contribution in [0.15, 0.2) is 16.8 Å². The van der Waals surface area contributed by atoms with E-state index in [4.69, 9.17) is 5.73 Å². The second-order valence-electron chi connectivity index (χ2n) is 3.06. The third kappa shape index (κ3) is 4.12. The summed E-state index contributed by atoms with van der Waals surface area (Å²) >= 11 is 1.73. The van der Waals surface area contributed by atoms with Crippen molar-refractivity contribution in [1.82, 2.24) is 0 Å². The molecule has 13 heavy (non-hydrogen) atoms. The van der Waals surface area contributed by atoms with Crippen LogP contribution in [0.4, 0.5) is 0 Å². The van der Waals surface area contributed by atoms with Crippen molar-refractivity contribution in [2.24, 2.45) is 5.73 Å². The Bertz CT molecular complexity index is 279. The van der Waals surface area contributed by atoms with Crippen LogP contribution in [0.5, 0.6) is 0 Å².